The Labute approximate surface area is 172 Å². The largest absolute Gasteiger partial charge is 0.459 e. The number of hydrogen-bond donors (Lipinski definition) is 2. The lowest BCUT2D eigenvalue weighted by molar-refractivity contribution is -0.124. The molecule has 29 heavy (non-hydrogen) atoms. The van der Waals surface area contributed by atoms with Gasteiger partial charge >= 0.3 is 0 Å². The molecule has 0 bridgehead atoms. The highest BCUT2D eigenvalue weighted by atomic mass is 16.3. The van der Waals surface area contributed by atoms with E-state index in [1.54, 1.807) is 12.1 Å². The molecule has 2 amide bonds. The molecule has 1 atom stereocenters. The third-order valence-electron chi connectivity index (χ3n) is 5.66. The van der Waals surface area contributed by atoms with E-state index in [9.17, 15) is 9.59 Å². The second-order valence-electron chi connectivity index (χ2n) is 8.64. The summed E-state index contributed by atoms with van der Waals surface area (Å²) in [5.41, 5.74) is 2.56. The molecule has 2 aromatic rings. The zero-order valence-electron chi connectivity index (χ0n) is 17.7. The fourth-order valence-corrected chi connectivity index (χ4v) is 3.69. The van der Waals surface area contributed by atoms with Crippen LogP contribution in [0.1, 0.15) is 49.4 Å². The molecule has 6 heteroatoms. The van der Waals surface area contributed by atoms with E-state index in [1.807, 2.05) is 13.8 Å². The molecule has 2 N–H and O–H groups in total. The van der Waals surface area contributed by atoms with E-state index in [0.717, 1.165) is 19.5 Å². The van der Waals surface area contributed by atoms with Crippen molar-refractivity contribution in [2.24, 2.45) is 5.92 Å². The van der Waals surface area contributed by atoms with E-state index < -0.39 is 6.04 Å². The first kappa shape index (κ1) is 21.1. The van der Waals surface area contributed by atoms with Crippen molar-refractivity contribution in [3.8, 4) is 0 Å². The quantitative estimate of drug-likeness (QED) is 0.753. The van der Waals surface area contributed by atoms with Crippen LogP contribution in [0.4, 0.5) is 0 Å². The topological polar surface area (TPSA) is 74.6 Å². The molecule has 156 valence electrons. The molecule has 0 saturated heterocycles. The number of nitrogens with zero attached hydrogens (tertiary/aromatic N) is 1. The molecule has 1 unspecified atom stereocenters. The van der Waals surface area contributed by atoms with Crippen LogP contribution in [0.2, 0.25) is 0 Å². The van der Waals surface area contributed by atoms with Gasteiger partial charge in [-0.3, -0.25) is 14.5 Å². The normalized spacial score (nSPS) is 15.6. The molecule has 1 aliphatic rings. The summed E-state index contributed by atoms with van der Waals surface area (Å²) in [7, 11) is 0. The van der Waals surface area contributed by atoms with Gasteiger partial charge in [0, 0.05) is 25.2 Å². The third-order valence-corrected chi connectivity index (χ3v) is 5.66. The Balaban J connectivity index is 1.59. The molecule has 0 fully saturated rings. The first-order valence-electron chi connectivity index (χ1n) is 10.2. The average Bonchev–Trinajstić information content (AvgIpc) is 3.24. The minimum Gasteiger partial charge on any atom is -0.459 e. The first-order chi connectivity index (χ1) is 13.8. The minimum atomic E-state index is -0.620. The molecular formula is C23H31N3O3. The molecule has 0 saturated carbocycles. The van der Waals surface area contributed by atoms with E-state index in [1.165, 1.54) is 17.4 Å². The predicted octanol–water partition coefficient (Wildman–Crippen LogP) is 2.99. The molecule has 6 nitrogen and oxygen atoms in total. The van der Waals surface area contributed by atoms with Crippen molar-refractivity contribution in [2.75, 3.05) is 13.1 Å². The second kappa shape index (κ2) is 8.82. The van der Waals surface area contributed by atoms with Crippen LogP contribution >= 0.6 is 0 Å². The van der Waals surface area contributed by atoms with Crippen molar-refractivity contribution >= 4 is 11.8 Å². The molecular weight excluding hydrogens is 366 g/mol. The Morgan fingerprint density at radius 2 is 1.86 bits per heavy atom. The molecule has 0 spiro atoms. The van der Waals surface area contributed by atoms with E-state index in [0.29, 0.717) is 6.54 Å². The maximum absolute atomic E-state index is 12.8. The van der Waals surface area contributed by atoms with E-state index in [4.69, 9.17) is 4.42 Å². The van der Waals surface area contributed by atoms with Crippen LogP contribution in [-0.2, 0) is 17.8 Å². The van der Waals surface area contributed by atoms with Crippen LogP contribution in [-0.4, -0.2) is 41.4 Å². The molecule has 1 aromatic heterocycles. The Bertz CT molecular complexity index is 843. The van der Waals surface area contributed by atoms with Gasteiger partial charge in [0.1, 0.15) is 6.04 Å². The molecule has 3 rings (SSSR count). The van der Waals surface area contributed by atoms with Gasteiger partial charge in [-0.15, -0.1) is 0 Å². The standard InChI is InChI=1S/C23H31N3O3/c1-16(2)20(25-21(27)19-10-7-13-29-19)22(28)24-15-23(3,4)26-12-11-17-8-5-6-9-18(17)14-26/h5-10,13,16,20H,11-12,14-15H2,1-4H3,(H,24,28)(H,25,27). The van der Waals surface area contributed by atoms with Gasteiger partial charge in [-0.05, 0) is 49.4 Å². The lowest BCUT2D eigenvalue weighted by Crippen LogP contribution is -2.56. The fourth-order valence-electron chi connectivity index (χ4n) is 3.69. The molecule has 2 heterocycles. The zero-order valence-corrected chi connectivity index (χ0v) is 17.7. The molecule has 1 aliphatic heterocycles. The van der Waals surface area contributed by atoms with Gasteiger partial charge in [0.15, 0.2) is 5.76 Å². The Hall–Kier alpha value is -2.60. The maximum atomic E-state index is 12.8. The van der Waals surface area contributed by atoms with Crippen molar-refractivity contribution in [1.82, 2.24) is 15.5 Å². The number of furan rings is 1. The van der Waals surface area contributed by atoms with Gasteiger partial charge in [0.25, 0.3) is 5.91 Å². The van der Waals surface area contributed by atoms with Crippen LogP contribution in [0.5, 0.6) is 0 Å². The van der Waals surface area contributed by atoms with Crippen molar-refractivity contribution in [2.45, 2.75) is 52.2 Å². The van der Waals surface area contributed by atoms with Crippen LogP contribution in [0.3, 0.4) is 0 Å². The minimum absolute atomic E-state index is 0.0427. The van der Waals surface area contributed by atoms with Gasteiger partial charge in [-0.25, -0.2) is 0 Å². The van der Waals surface area contributed by atoms with E-state index in [2.05, 4.69) is 53.6 Å². The molecule has 0 radical (unpaired) electrons. The Morgan fingerprint density at radius 1 is 1.14 bits per heavy atom. The number of hydrogen-bond acceptors (Lipinski definition) is 4. The Kier molecular flexibility index (Phi) is 6.42. The first-order valence-corrected chi connectivity index (χ1v) is 10.2. The Morgan fingerprint density at radius 3 is 2.52 bits per heavy atom. The molecule has 1 aromatic carbocycles. The highest BCUT2D eigenvalue weighted by molar-refractivity contribution is 5.95. The van der Waals surface area contributed by atoms with Crippen molar-refractivity contribution in [1.29, 1.82) is 0 Å². The summed E-state index contributed by atoms with van der Waals surface area (Å²) in [6.07, 6.45) is 2.46. The third kappa shape index (κ3) is 5.07. The summed E-state index contributed by atoms with van der Waals surface area (Å²) in [6.45, 7) is 10.5. The predicted molar refractivity (Wildman–Crippen MR) is 112 cm³/mol. The van der Waals surface area contributed by atoms with Crippen LogP contribution in [0.25, 0.3) is 0 Å². The average molecular weight is 398 g/mol. The summed E-state index contributed by atoms with van der Waals surface area (Å²) in [4.78, 5) is 27.5. The second-order valence-corrected chi connectivity index (χ2v) is 8.64. The van der Waals surface area contributed by atoms with Crippen LogP contribution in [0, 0.1) is 5.92 Å². The number of nitrogens with one attached hydrogen (secondary N) is 2. The summed E-state index contributed by atoms with van der Waals surface area (Å²) in [5, 5.41) is 5.84. The number of benzene rings is 1. The van der Waals surface area contributed by atoms with Crippen LogP contribution < -0.4 is 10.6 Å². The number of carbonyl (C=O) groups excluding carboxylic acids is 2. The highest BCUT2D eigenvalue weighted by Crippen LogP contribution is 2.25. The SMILES string of the molecule is CC(C)C(NC(=O)c1ccco1)C(=O)NCC(C)(C)N1CCc2ccccc2C1. The number of carbonyl (C=O) groups is 2. The summed E-state index contributed by atoms with van der Waals surface area (Å²) in [5.74, 6) is -0.393. The van der Waals surface area contributed by atoms with Gasteiger partial charge in [-0.2, -0.15) is 0 Å². The summed E-state index contributed by atoms with van der Waals surface area (Å²) < 4.78 is 5.13. The van der Waals surface area contributed by atoms with Gasteiger partial charge in [-0.1, -0.05) is 38.1 Å². The van der Waals surface area contributed by atoms with Gasteiger partial charge in [0.05, 0.1) is 6.26 Å². The van der Waals surface area contributed by atoms with Crippen molar-refractivity contribution < 1.29 is 14.0 Å². The summed E-state index contributed by atoms with van der Waals surface area (Å²) in [6, 6.07) is 11.1. The lowest BCUT2D eigenvalue weighted by Gasteiger charge is -2.42. The number of fused-ring (bicyclic) bond motifs is 1. The van der Waals surface area contributed by atoms with E-state index >= 15 is 0 Å². The van der Waals surface area contributed by atoms with Gasteiger partial charge in [0.2, 0.25) is 5.91 Å². The summed E-state index contributed by atoms with van der Waals surface area (Å²) >= 11 is 0. The number of amides is 2. The van der Waals surface area contributed by atoms with Crippen LogP contribution in [0.15, 0.2) is 47.1 Å². The maximum Gasteiger partial charge on any atom is 0.287 e. The van der Waals surface area contributed by atoms with Crippen molar-refractivity contribution in [3.63, 3.8) is 0 Å². The monoisotopic (exact) mass is 397 g/mol. The highest BCUT2D eigenvalue weighted by Gasteiger charge is 2.32. The van der Waals surface area contributed by atoms with E-state index in [-0.39, 0.29) is 29.0 Å². The number of rotatable bonds is 7. The smallest absolute Gasteiger partial charge is 0.287 e. The van der Waals surface area contributed by atoms with Gasteiger partial charge < -0.3 is 15.1 Å². The molecule has 0 aliphatic carbocycles. The van der Waals surface area contributed by atoms with Crippen molar-refractivity contribution in [3.05, 3.63) is 59.5 Å². The lowest BCUT2D eigenvalue weighted by atomic mass is 9.93. The fraction of sp³-hybridized carbons (Fsp3) is 0.478. The zero-order chi connectivity index (χ0) is 21.0.